The summed E-state index contributed by atoms with van der Waals surface area (Å²) < 4.78 is 39.8. The zero-order valence-electron chi connectivity index (χ0n) is 72.1. The predicted octanol–water partition coefficient (Wildman–Crippen LogP) is 25.7. The van der Waals surface area contributed by atoms with Crippen LogP contribution in [0.5, 0.6) is 0 Å². The summed E-state index contributed by atoms with van der Waals surface area (Å²) in [5.74, 6) is 1.12. The third-order valence-corrected chi connectivity index (χ3v) is 30.6. The van der Waals surface area contributed by atoms with E-state index in [9.17, 15) is 24.0 Å². The number of hydrogen-bond acceptors (Lipinski definition) is 21. The van der Waals surface area contributed by atoms with Crippen LogP contribution in [0.15, 0.2) is 194 Å². The van der Waals surface area contributed by atoms with Crippen molar-refractivity contribution in [2.75, 3.05) is 27.4 Å². The van der Waals surface area contributed by atoms with E-state index in [0.717, 1.165) is 80.2 Å². The van der Waals surface area contributed by atoms with Gasteiger partial charge >= 0.3 is 136 Å². The van der Waals surface area contributed by atoms with Crippen LogP contribution in [-0.2, 0) is 28.4 Å². The van der Waals surface area contributed by atoms with Crippen LogP contribution < -0.4 is 27.4 Å². The number of nitrogens with one attached hydrogen (secondary N) is 5. The maximum atomic E-state index is 11.9. The summed E-state index contributed by atoms with van der Waals surface area (Å²) >= 11 is 4.53. The molecule has 0 bridgehead atoms. The SMILES string of the molecule is CC(C)(C)OC(=O)Nc1ccc2c(-c3nn[nH]n3)cccc2c1.CC(C)(C)OC(=O)Nc1ccc2c(Br)cccc2c1.CC(C)(C)OC(=O)Nc1ccc2c(C#N)cccc2c1.CC(C)(C)OC(=O)OC(=O)OC(C)(C)C.CCC[CH2][Sn]([CH2]CCC)([CH2]CCC)[N]=[N+]=[N-].Nc1ccc2c(-c3nn[nH]n3)cccc2c1.Nc1ccc2c(Br)cccc2c1. The van der Waals surface area contributed by atoms with Crippen LogP contribution in [0.2, 0.25) is 13.3 Å². The molecule has 0 saturated heterocycles. The number of nitrogens with zero attached hydrogens (tertiary/aromatic N) is 10. The van der Waals surface area contributed by atoms with Crippen molar-refractivity contribution in [3.8, 4) is 28.8 Å². The van der Waals surface area contributed by atoms with Crippen molar-refractivity contribution in [3.05, 3.63) is 207 Å². The summed E-state index contributed by atoms with van der Waals surface area (Å²) in [7, 11) is 0. The number of anilines is 5. The van der Waals surface area contributed by atoms with Crippen LogP contribution in [0.3, 0.4) is 0 Å². The van der Waals surface area contributed by atoms with E-state index in [0.29, 0.717) is 28.6 Å². The van der Waals surface area contributed by atoms with E-state index in [-0.39, 0.29) is 0 Å². The molecule has 12 aromatic rings. The molecule has 9 N–H and O–H groups in total. The molecule has 10 aromatic carbocycles. The molecule has 121 heavy (non-hydrogen) atoms. The summed E-state index contributed by atoms with van der Waals surface area (Å²) in [5.41, 5.74) is 23.3. The Morgan fingerprint density at radius 2 is 0.760 bits per heavy atom. The number of azide groups is 1. The topological polar surface area (TPSA) is 410 Å². The first kappa shape index (κ1) is 98.2. The second kappa shape index (κ2) is 46.2. The van der Waals surface area contributed by atoms with Gasteiger partial charge in [-0.3, -0.25) is 16.0 Å². The van der Waals surface area contributed by atoms with Crippen molar-refractivity contribution in [2.45, 2.75) is 204 Å². The zero-order valence-corrected chi connectivity index (χ0v) is 78.1. The maximum absolute atomic E-state index is 11.9. The molecule has 640 valence electrons. The largest absolute Gasteiger partial charge is 0.399 e. The van der Waals surface area contributed by atoms with Gasteiger partial charge in [-0.15, -0.1) is 20.4 Å². The predicted molar refractivity (Wildman–Crippen MR) is 492 cm³/mol. The van der Waals surface area contributed by atoms with Crippen LogP contribution in [0.4, 0.5) is 52.4 Å². The number of nitrogens with two attached hydrogens (primary N) is 2. The summed E-state index contributed by atoms with van der Waals surface area (Å²) in [6.45, 7) is 33.1. The van der Waals surface area contributed by atoms with E-state index < -0.39 is 77.2 Å². The van der Waals surface area contributed by atoms with Crippen molar-refractivity contribution in [1.82, 2.24) is 41.2 Å². The Morgan fingerprint density at radius 3 is 1.11 bits per heavy atom. The molecule has 0 atom stereocenters. The number of unbranched alkanes of at least 4 members (excludes halogenated alkanes) is 3. The minimum Gasteiger partial charge on any atom is -0.399 e. The van der Waals surface area contributed by atoms with Gasteiger partial charge in [0.25, 0.3) is 0 Å². The van der Waals surface area contributed by atoms with Crippen LogP contribution in [0.1, 0.15) is 169 Å². The van der Waals surface area contributed by atoms with Crippen molar-refractivity contribution >= 4 is 163 Å². The van der Waals surface area contributed by atoms with E-state index in [2.05, 4.69) is 135 Å². The van der Waals surface area contributed by atoms with E-state index >= 15 is 0 Å². The van der Waals surface area contributed by atoms with Gasteiger partial charge in [-0.05, 0) is 247 Å². The van der Waals surface area contributed by atoms with Gasteiger partial charge in [-0.25, -0.2) is 24.0 Å². The number of nitriles is 1. The van der Waals surface area contributed by atoms with Gasteiger partial charge in [0.15, 0.2) is 0 Å². The number of aromatic nitrogens is 8. The first-order valence-electron chi connectivity index (χ1n) is 39.6. The van der Waals surface area contributed by atoms with Crippen LogP contribution in [-0.4, -0.2) is 118 Å². The number of halogens is 2. The Bertz CT molecular complexity index is 5470. The number of ether oxygens (including phenoxy) is 6. The van der Waals surface area contributed by atoms with Crippen LogP contribution >= 0.6 is 31.9 Å². The molecule has 0 saturated carbocycles. The number of aromatic amines is 2. The van der Waals surface area contributed by atoms with Gasteiger partial charge in [0.1, 0.15) is 28.0 Å². The monoisotopic (exact) mass is 1880 g/mol. The molecule has 28 nitrogen and oxygen atoms in total. The number of carbonyl (C=O) groups excluding carboxylic acids is 5. The second-order valence-corrected chi connectivity index (χ2v) is 46.4. The van der Waals surface area contributed by atoms with Gasteiger partial charge < -0.3 is 39.9 Å². The molecule has 0 fully saturated rings. The second-order valence-electron chi connectivity index (χ2n) is 32.9. The van der Waals surface area contributed by atoms with Gasteiger partial charge in [0.05, 0.1) is 11.6 Å². The Kier molecular flexibility index (Phi) is 37.5. The van der Waals surface area contributed by atoms with Gasteiger partial charge in [-0.1, -0.05) is 135 Å². The third-order valence-electron chi connectivity index (χ3n) is 16.8. The number of nitrogen functional groups attached to an aromatic ring is 2. The van der Waals surface area contributed by atoms with E-state index in [1.54, 1.807) is 53.7 Å². The van der Waals surface area contributed by atoms with Crippen LogP contribution in [0.25, 0.3) is 87.1 Å². The van der Waals surface area contributed by atoms with Gasteiger partial charge in [0.2, 0.25) is 11.6 Å². The van der Waals surface area contributed by atoms with Crippen LogP contribution in [0, 0.1) is 11.3 Å². The molecule has 0 radical (unpaired) electrons. The summed E-state index contributed by atoms with van der Waals surface area (Å²) in [6.07, 6.45) is 3.97. The summed E-state index contributed by atoms with van der Waals surface area (Å²) in [4.78, 5) is 60.4. The third kappa shape index (κ3) is 34.9. The molecule has 3 amide bonds. The van der Waals surface area contributed by atoms with Gasteiger partial charge in [0, 0.05) is 48.5 Å². The number of fused-ring (bicyclic) bond motifs is 5. The number of carbonyl (C=O) groups is 5. The fourth-order valence-electron chi connectivity index (χ4n) is 11.7. The molecule has 12 rings (SSSR count). The molecular weight excluding hydrogens is 1770 g/mol. The molecule has 0 aliphatic carbocycles. The standard InChI is InChI=1S/C16H17N5O2.C16H16N2O2.C15H16BrNO2.C11H9N5.C10H8BrN.C10H18O5.3C4H9.N3.Sn/c1-16(2,3)23-15(22)17-11-7-8-12-10(9-11)5-4-6-13(12)14-18-20-21-19-14;1-16(2,3)20-15(19)18-13-7-8-14-11(9-13)5-4-6-12(14)10-17;1-15(2,3)19-14(18)17-11-7-8-12-10(9-11)5-4-6-13(12)16;12-8-4-5-9-7(6-8)2-1-3-10(9)11-13-15-16-14-11;11-10-3-1-2-7-6-8(12)4-5-9(7)10;1-9(2,3)14-7(11)13-8(12)15-10(4,5)6;3*1-3-4-2;1-3-2;/h4-9H,1-3H3,(H,17,22)(H,18,19,20,21);4-9H,1-3H3,(H,18,19);4-9H,1-3H3,(H,17,18);1-6H,12H2,(H,13,14,15,16);1-6H,12H2;1-6H3;3*1,3-4H2,2H3;;/q;;;;;;;;;-1;+1. The molecule has 0 unspecified atom stereocenters. The van der Waals surface area contributed by atoms with E-state index in [1.165, 1.54) is 62.6 Å². The number of tetrazole rings is 2. The number of benzene rings is 10. The molecule has 0 spiro atoms. The van der Waals surface area contributed by atoms with Gasteiger partial charge in [-0.2, -0.15) is 15.7 Å². The molecule has 0 aliphatic rings. The summed E-state index contributed by atoms with van der Waals surface area (Å²) in [5, 5.41) is 55.6. The summed E-state index contributed by atoms with van der Waals surface area (Å²) in [6, 6.07) is 59.8. The van der Waals surface area contributed by atoms with E-state index in [1.807, 2.05) is 226 Å². The average Bonchev–Trinajstić information content (AvgIpc) is 1.80. The van der Waals surface area contributed by atoms with E-state index in [4.69, 9.17) is 45.9 Å². The number of rotatable bonds is 15. The first-order valence-corrected chi connectivity index (χ1v) is 48.5. The Labute approximate surface area is 728 Å². The first-order chi connectivity index (χ1) is 57.0. The van der Waals surface area contributed by atoms with Crippen molar-refractivity contribution in [2.24, 2.45) is 3.34 Å². The van der Waals surface area contributed by atoms with Crippen molar-refractivity contribution in [3.63, 3.8) is 0 Å². The van der Waals surface area contributed by atoms with Crippen molar-refractivity contribution in [1.29, 1.82) is 5.26 Å². The molecular formula is C90H111Br2N17O11Sn. The Morgan fingerprint density at radius 1 is 0.446 bits per heavy atom. The number of H-pyrrole nitrogens is 2. The molecule has 31 heteroatoms. The molecule has 2 heterocycles. The minimum atomic E-state index is -2.45. The zero-order chi connectivity index (χ0) is 89.3. The molecule has 0 aliphatic heterocycles. The maximum Gasteiger partial charge on any atom is 0.205 e. The Hall–Kier alpha value is -11.7. The normalized spacial score (nSPS) is 11.2. The minimum absolute atomic E-state index is 0.443. The fourth-order valence-corrected chi connectivity index (χ4v) is 24.9. The van der Waals surface area contributed by atoms with Crippen molar-refractivity contribution < 1.29 is 52.4 Å². The quantitative estimate of drug-likeness (QED) is 0.00732. The number of hydrogen-bond donors (Lipinski definition) is 7. The fraction of sp³-hybridized carbons (Fsp3) is 0.356. The Balaban J connectivity index is 0.000000220. The average molecular weight is 1890 g/mol. The number of amides is 3. The smallest absolute Gasteiger partial charge is 0.205 e. The molecule has 2 aromatic heterocycles.